The van der Waals surface area contributed by atoms with Gasteiger partial charge in [0.2, 0.25) is 0 Å². The topological polar surface area (TPSA) is 71.6 Å². The normalized spacial score (nSPS) is 16.0. The highest BCUT2D eigenvalue weighted by Crippen LogP contribution is 2.35. The fourth-order valence-corrected chi connectivity index (χ4v) is 3.80. The molecule has 6 nitrogen and oxygen atoms in total. The highest BCUT2D eigenvalue weighted by Gasteiger charge is 2.32. The Balaban J connectivity index is 2.01. The van der Waals surface area contributed by atoms with Gasteiger partial charge in [0.15, 0.2) is 5.11 Å². The summed E-state index contributed by atoms with van der Waals surface area (Å²) >= 11 is 5.34. The van der Waals surface area contributed by atoms with E-state index in [2.05, 4.69) is 22.0 Å². The van der Waals surface area contributed by atoms with E-state index in [0.29, 0.717) is 27.9 Å². The molecule has 0 unspecified atom stereocenters. The van der Waals surface area contributed by atoms with Gasteiger partial charge >= 0.3 is 0 Å². The van der Waals surface area contributed by atoms with E-state index in [1.165, 1.54) is 0 Å². The molecule has 2 aromatic rings. The molecule has 1 atom stereocenters. The number of methoxy groups -OCH3 is 2. The van der Waals surface area contributed by atoms with Gasteiger partial charge in [-0.2, -0.15) is 0 Å². The second kappa shape index (κ2) is 8.53. The molecule has 0 bridgehead atoms. The van der Waals surface area contributed by atoms with Crippen molar-refractivity contribution in [3.8, 4) is 11.5 Å². The number of rotatable bonds is 5. The van der Waals surface area contributed by atoms with Crippen LogP contribution in [0.4, 0.5) is 5.69 Å². The van der Waals surface area contributed by atoms with Crippen LogP contribution < -0.4 is 25.4 Å². The summed E-state index contributed by atoms with van der Waals surface area (Å²) in [4.78, 5) is 13.3. The van der Waals surface area contributed by atoms with Crippen LogP contribution in [0, 0.1) is 13.8 Å². The Morgan fingerprint density at radius 1 is 1.03 bits per heavy atom. The third kappa shape index (κ3) is 4.51. The highest BCUT2D eigenvalue weighted by molar-refractivity contribution is 7.80. The van der Waals surface area contributed by atoms with Crippen LogP contribution in [0.25, 0.3) is 0 Å². The van der Waals surface area contributed by atoms with Gasteiger partial charge in [0.05, 0.1) is 25.8 Å². The lowest BCUT2D eigenvalue weighted by molar-refractivity contribution is -0.113. The molecule has 0 aromatic heterocycles. The van der Waals surface area contributed by atoms with Crippen molar-refractivity contribution in [2.24, 2.45) is 0 Å². The van der Waals surface area contributed by atoms with Crippen molar-refractivity contribution in [1.82, 2.24) is 10.6 Å². The lowest BCUT2D eigenvalue weighted by Gasteiger charge is -2.31. The van der Waals surface area contributed by atoms with Crippen molar-refractivity contribution in [1.29, 1.82) is 0 Å². The molecule has 3 N–H and O–H groups in total. The molecule has 1 amide bonds. The Labute approximate surface area is 176 Å². The van der Waals surface area contributed by atoms with Gasteiger partial charge in [0.25, 0.3) is 5.91 Å². The maximum Gasteiger partial charge on any atom is 0.255 e. The van der Waals surface area contributed by atoms with Gasteiger partial charge in [-0.15, -0.1) is 0 Å². The summed E-state index contributed by atoms with van der Waals surface area (Å²) < 4.78 is 10.8. The van der Waals surface area contributed by atoms with Crippen molar-refractivity contribution in [3.63, 3.8) is 0 Å². The number of amides is 1. The van der Waals surface area contributed by atoms with Gasteiger partial charge in [0, 0.05) is 23.0 Å². The first-order valence-electron chi connectivity index (χ1n) is 9.22. The molecule has 0 aliphatic carbocycles. The largest absolute Gasteiger partial charge is 0.497 e. The fraction of sp³-hybridized carbons (Fsp3) is 0.273. The van der Waals surface area contributed by atoms with E-state index >= 15 is 0 Å². The quantitative estimate of drug-likeness (QED) is 0.651. The maximum absolute atomic E-state index is 13.3. The SMILES string of the molecule is COc1ccc([C@H]2NC(=S)NC(C)=C2C(=O)Nc2cc(C)cc(C)c2)c(OC)c1. The minimum atomic E-state index is -0.462. The Morgan fingerprint density at radius 2 is 1.72 bits per heavy atom. The lowest BCUT2D eigenvalue weighted by atomic mass is 9.94. The summed E-state index contributed by atoms with van der Waals surface area (Å²) in [6, 6.07) is 11.0. The van der Waals surface area contributed by atoms with Crippen molar-refractivity contribution in [2.75, 3.05) is 19.5 Å². The standard InChI is InChI=1S/C22H25N3O3S/c1-12-8-13(2)10-15(9-12)24-21(26)19-14(3)23-22(29)25-20(19)17-7-6-16(27-4)11-18(17)28-5/h6-11,20H,1-5H3,(H,24,26)(H2,23,25,29)/t20-/m1/s1. The van der Waals surface area contributed by atoms with E-state index in [0.717, 1.165) is 22.4 Å². The predicted octanol–water partition coefficient (Wildman–Crippen LogP) is 3.75. The van der Waals surface area contributed by atoms with Gasteiger partial charge in [-0.3, -0.25) is 4.79 Å². The second-order valence-electron chi connectivity index (χ2n) is 7.01. The number of hydrogen-bond acceptors (Lipinski definition) is 4. The minimum absolute atomic E-state index is 0.210. The van der Waals surface area contributed by atoms with Crippen LogP contribution in [0.15, 0.2) is 47.7 Å². The number of benzene rings is 2. The van der Waals surface area contributed by atoms with Gasteiger partial charge in [-0.25, -0.2) is 0 Å². The monoisotopic (exact) mass is 411 g/mol. The molecular weight excluding hydrogens is 386 g/mol. The summed E-state index contributed by atoms with van der Waals surface area (Å²) in [5.41, 5.74) is 4.95. The van der Waals surface area contributed by atoms with E-state index < -0.39 is 6.04 Å². The number of nitrogens with one attached hydrogen (secondary N) is 3. The molecule has 1 aliphatic rings. The first-order chi connectivity index (χ1) is 13.8. The average molecular weight is 412 g/mol. The van der Waals surface area contributed by atoms with Crippen molar-refractivity contribution in [2.45, 2.75) is 26.8 Å². The first-order valence-corrected chi connectivity index (χ1v) is 9.63. The molecule has 1 heterocycles. The highest BCUT2D eigenvalue weighted by atomic mass is 32.1. The minimum Gasteiger partial charge on any atom is -0.497 e. The molecule has 0 saturated heterocycles. The molecule has 29 heavy (non-hydrogen) atoms. The molecule has 0 spiro atoms. The number of allylic oxidation sites excluding steroid dienone is 1. The number of anilines is 1. The third-order valence-electron chi connectivity index (χ3n) is 4.74. The van der Waals surface area contributed by atoms with Gasteiger partial charge in [-0.05, 0) is 68.4 Å². The molecule has 7 heteroatoms. The number of hydrogen-bond donors (Lipinski definition) is 3. The van der Waals surface area contributed by atoms with Gasteiger partial charge in [0.1, 0.15) is 11.5 Å². The predicted molar refractivity (Wildman–Crippen MR) is 118 cm³/mol. The van der Waals surface area contributed by atoms with Crippen LogP contribution in [0.5, 0.6) is 11.5 Å². The van der Waals surface area contributed by atoms with Crippen molar-refractivity contribution < 1.29 is 14.3 Å². The Hall–Kier alpha value is -3.06. The maximum atomic E-state index is 13.3. The smallest absolute Gasteiger partial charge is 0.255 e. The van der Waals surface area contributed by atoms with Gasteiger partial charge < -0.3 is 25.4 Å². The first kappa shape index (κ1) is 20.7. The number of carbonyl (C=O) groups is 1. The zero-order valence-electron chi connectivity index (χ0n) is 17.2. The molecule has 3 rings (SSSR count). The molecule has 0 saturated carbocycles. The van der Waals surface area contributed by atoms with E-state index in [9.17, 15) is 4.79 Å². The molecule has 0 radical (unpaired) electrons. The van der Waals surface area contributed by atoms with Gasteiger partial charge in [-0.1, -0.05) is 6.07 Å². The zero-order chi connectivity index (χ0) is 21.1. The number of thiocarbonyl (C=S) groups is 1. The Kier molecular flexibility index (Phi) is 6.08. The summed E-state index contributed by atoms with van der Waals surface area (Å²) in [5.74, 6) is 1.07. The second-order valence-corrected chi connectivity index (χ2v) is 7.42. The number of ether oxygens (including phenoxy) is 2. The summed E-state index contributed by atoms with van der Waals surface area (Å²) in [6.45, 7) is 5.84. The molecule has 152 valence electrons. The third-order valence-corrected chi connectivity index (χ3v) is 4.96. The summed E-state index contributed by atoms with van der Waals surface area (Å²) in [5, 5.41) is 9.71. The molecule has 0 fully saturated rings. The summed E-state index contributed by atoms with van der Waals surface area (Å²) in [6.07, 6.45) is 0. The molecule has 1 aliphatic heterocycles. The molecular formula is C22H25N3O3S. The Bertz CT molecular complexity index is 981. The van der Waals surface area contributed by atoms with Crippen LogP contribution in [0.3, 0.4) is 0 Å². The van der Waals surface area contributed by atoms with E-state index in [1.807, 2.05) is 45.0 Å². The van der Waals surface area contributed by atoms with Crippen LogP contribution in [0.2, 0.25) is 0 Å². The van der Waals surface area contributed by atoms with Crippen LogP contribution in [-0.2, 0) is 4.79 Å². The Morgan fingerprint density at radius 3 is 2.34 bits per heavy atom. The van der Waals surface area contributed by atoms with Crippen molar-refractivity contribution >= 4 is 28.9 Å². The van der Waals surface area contributed by atoms with Crippen LogP contribution >= 0.6 is 12.2 Å². The number of aryl methyl sites for hydroxylation is 2. The van der Waals surface area contributed by atoms with Crippen LogP contribution in [-0.4, -0.2) is 25.2 Å². The lowest BCUT2D eigenvalue weighted by Crippen LogP contribution is -2.45. The van der Waals surface area contributed by atoms with Crippen LogP contribution in [0.1, 0.15) is 29.7 Å². The molecule has 2 aromatic carbocycles. The van der Waals surface area contributed by atoms with E-state index in [1.54, 1.807) is 20.3 Å². The average Bonchev–Trinajstić information content (AvgIpc) is 2.65. The summed E-state index contributed by atoms with van der Waals surface area (Å²) in [7, 11) is 3.18. The fourth-order valence-electron chi connectivity index (χ4n) is 3.53. The van der Waals surface area contributed by atoms with E-state index in [-0.39, 0.29) is 5.91 Å². The number of carbonyl (C=O) groups excluding carboxylic acids is 1. The van der Waals surface area contributed by atoms with E-state index in [4.69, 9.17) is 21.7 Å². The van der Waals surface area contributed by atoms with Crippen molar-refractivity contribution in [3.05, 3.63) is 64.4 Å². The zero-order valence-corrected chi connectivity index (χ0v) is 18.0.